The van der Waals surface area contributed by atoms with Crippen LogP contribution >= 0.6 is 0 Å². The van der Waals surface area contributed by atoms with Crippen LogP contribution in [0.15, 0.2) is 41.2 Å². The van der Waals surface area contributed by atoms with Gasteiger partial charge < -0.3 is 19.4 Å². The fourth-order valence-electron chi connectivity index (χ4n) is 3.18. The molecular weight excluding hydrogens is 379 g/mol. The van der Waals surface area contributed by atoms with Crippen molar-refractivity contribution in [3.05, 3.63) is 48.4 Å². The zero-order valence-electron chi connectivity index (χ0n) is 14.4. The van der Waals surface area contributed by atoms with Gasteiger partial charge in [0.15, 0.2) is 0 Å². The first-order valence-electron chi connectivity index (χ1n) is 8.47. The van der Waals surface area contributed by atoms with Crippen LogP contribution in [0.25, 0.3) is 11.4 Å². The molecule has 2 aromatic heterocycles. The number of H-pyrrole nitrogens is 1. The Labute approximate surface area is 157 Å². The van der Waals surface area contributed by atoms with Gasteiger partial charge in [0, 0.05) is 24.5 Å². The lowest BCUT2D eigenvalue weighted by atomic mass is 10.2. The fourth-order valence-corrected chi connectivity index (χ4v) is 3.18. The maximum atomic E-state index is 12.3. The summed E-state index contributed by atoms with van der Waals surface area (Å²) in [7, 11) is 0. The van der Waals surface area contributed by atoms with Crippen molar-refractivity contribution >= 4 is 0 Å². The highest BCUT2D eigenvalue weighted by atomic mass is 19.4. The van der Waals surface area contributed by atoms with Gasteiger partial charge in [-0.3, -0.25) is 4.90 Å². The predicted molar refractivity (Wildman–Crippen MR) is 88.8 cm³/mol. The van der Waals surface area contributed by atoms with E-state index in [4.69, 9.17) is 4.52 Å². The number of β-amino-alcohol motifs (C(OH)–C–C–N with tert-alkyl or cyclic N) is 1. The molecule has 1 aliphatic rings. The second-order valence-electron chi connectivity index (χ2n) is 6.40. The minimum Gasteiger partial charge on any atom is -0.406 e. The van der Waals surface area contributed by atoms with E-state index in [1.165, 1.54) is 24.3 Å². The van der Waals surface area contributed by atoms with Crippen LogP contribution in [-0.4, -0.2) is 49.1 Å². The molecule has 11 heteroatoms. The summed E-state index contributed by atoms with van der Waals surface area (Å²) in [6, 6.07) is 4.91. The number of aromatic nitrogens is 4. The quantitative estimate of drug-likeness (QED) is 0.685. The maximum absolute atomic E-state index is 12.3. The van der Waals surface area contributed by atoms with Gasteiger partial charge in [-0.15, -0.1) is 13.2 Å². The zero-order valence-corrected chi connectivity index (χ0v) is 14.4. The Balaban J connectivity index is 1.50. The van der Waals surface area contributed by atoms with E-state index in [9.17, 15) is 18.3 Å². The molecule has 2 atom stereocenters. The monoisotopic (exact) mass is 395 g/mol. The van der Waals surface area contributed by atoms with Gasteiger partial charge in [-0.2, -0.15) is 4.98 Å². The molecule has 0 bridgehead atoms. The van der Waals surface area contributed by atoms with Crippen molar-refractivity contribution < 1.29 is 27.5 Å². The summed E-state index contributed by atoms with van der Waals surface area (Å²) in [6.45, 7) is 0.919. The first-order chi connectivity index (χ1) is 13.4. The number of aromatic amines is 1. The molecule has 3 heterocycles. The highest BCUT2D eigenvalue weighted by molar-refractivity contribution is 5.55. The van der Waals surface area contributed by atoms with Crippen molar-refractivity contribution in [2.75, 3.05) is 6.54 Å². The number of halogens is 3. The highest BCUT2D eigenvalue weighted by Crippen LogP contribution is 2.33. The topological polar surface area (TPSA) is 100 Å². The number of imidazole rings is 1. The summed E-state index contributed by atoms with van der Waals surface area (Å²) in [4.78, 5) is 13.5. The van der Waals surface area contributed by atoms with E-state index in [1.54, 1.807) is 12.4 Å². The smallest absolute Gasteiger partial charge is 0.406 e. The standard InChI is InChI=1S/C17H16F3N5O3/c18-17(19,20)27-12-3-1-10(2-4-12)15-23-16(28-24-15)13-7-11(26)8-25(13)9-14-21-5-6-22-14/h1-6,11,13,26H,7-9H2,(H,21,22)/t11-,13+/m1/s1. The van der Waals surface area contributed by atoms with Crippen molar-refractivity contribution in [1.29, 1.82) is 0 Å². The summed E-state index contributed by atoms with van der Waals surface area (Å²) < 4.78 is 46.0. The molecule has 0 aliphatic carbocycles. The molecule has 148 valence electrons. The number of alkyl halides is 3. The van der Waals surface area contributed by atoms with E-state index < -0.39 is 12.5 Å². The minimum atomic E-state index is -4.75. The van der Waals surface area contributed by atoms with Crippen LogP contribution in [-0.2, 0) is 6.54 Å². The van der Waals surface area contributed by atoms with Crippen LogP contribution < -0.4 is 4.74 Å². The van der Waals surface area contributed by atoms with Gasteiger partial charge in [0.05, 0.1) is 18.7 Å². The second kappa shape index (κ2) is 7.24. The molecule has 28 heavy (non-hydrogen) atoms. The van der Waals surface area contributed by atoms with Crippen LogP contribution in [0.3, 0.4) is 0 Å². The summed E-state index contributed by atoms with van der Waals surface area (Å²) in [5, 5.41) is 14.0. The Bertz CT molecular complexity index is 911. The highest BCUT2D eigenvalue weighted by Gasteiger charge is 2.36. The lowest BCUT2D eigenvalue weighted by molar-refractivity contribution is -0.274. The molecule has 0 unspecified atom stereocenters. The fraction of sp³-hybridized carbons (Fsp3) is 0.353. The first-order valence-corrected chi connectivity index (χ1v) is 8.47. The number of ether oxygens (including phenoxy) is 1. The number of aliphatic hydroxyl groups excluding tert-OH is 1. The van der Waals surface area contributed by atoms with Gasteiger partial charge in [0.2, 0.25) is 11.7 Å². The molecule has 8 nitrogen and oxygen atoms in total. The van der Waals surface area contributed by atoms with Gasteiger partial charge >= 0.3 is 6.36 Å². The van der Waals surface area contributed by atoms with Crippen LogP contribution in [0.5, 0.6) is 5.75 Å². The van der Waals surface area contributed by atoms with E-state index in [-0.39, 0.29) is 17.6 Å². The van der Waals surface area contributed by atoms with Crippen LogP contribution in [0.4, 0.5) is 13.2 Å². The largest absolute Gasteiger partial charge is 0.573 e. The molecule has 4 rings (SSSR count). The van der Waals surface area contributed by atoms with Crippen LogP contribution in [0, 0.1) is 0 Å². The summed E-state index contributed by atoms with van der Waals surface area (Å²) in [6.07, 6.45) is -1.49. The molecule has 3 aromatic rings. The van der Waals surface area contributed by atoms with E-state index in [0.717, 1.165) is 5.82 Å². The average Bonchev–Trinajstić information content (AvgIpc) is 3.36. The molecule has 0 saturated carbocycles. The molecule has 0 amide bonds. The van der Waals surface area contributed by atoms with Crippen molar-refractivity contribution in [3.63, 3.8) is 0 Å². The predicted octanol–water partition coefficient (Wildman–Crippen LogP) is 2.67. The Morgan fingerprint density at radius 2 is 2.07 bits per heavy atom. The minimum absolute atomic E-state index is 0.243. The molecule has 0 radical (unpaired) electrons. The maximum Gasteiger partial charge on any atom is 0.573 e. The number of likely N-dealkylation sites (tertiary alicyclic amines) is 1. The van der Waals surface area contributed by atoms with Crippen molar-refractivity contribution in [2.45, 2.75) is 31.5 Å². The number of benzene rings is 1. The number of rotatable bonds is 5. The van der Waals surface area contributed by atoms with E-state index >= 15 is 0 Å². The second-order valence-corrected chi connectivity index (χ2v) is 6.40. The van der Waals surface area contributed by atoms with E-state index in [0.29, 0.717) is 31.0 Å². The van der Waals surface area contributed by atoms with Gasteiger partial charge in [-0.25, -0.2) is 4.98 Å². The lowest BCUT2D eigenvalue weighted by Gasteiger charge is -2.19. The van der Waals surface area contributed by atoms with E-state index in [1.807, 2.05) is 4.90 Å². The average molecular weight is 395 g/mol. The van der Waals surface area contributed by atoms with Gasteiger partial charge in [0.1, 0.15) is 11.6 Å². The molecule has 1 aliphatic heterocycles. The third-order valence-electron chi connectivity index (χ3n) is 4.36. The molecule has 2 N–H and O–H groups in total. The van der Waals surface area contributed by atoms with Crippen molar-refractivity contribution in [1.82, 2.24) is 25.0 Å². The normalized spacial score (nSPS) is 20.6. The Morgan fingerprint density at radius 1 is 1.29 bits per heavy atom. The first kappa shape index (κ1) is 18.4. The molecule has 1 fully saturated rings. The lowest BCUT2D eigenvalue weighted by Crippen LogP contribution is -2.25. The molecule has 0 spiro atoms. The van der Waals surface area contributed by atoms with Crippen molar-refractivity contribution in [3.8, 4) is 17.1 Å². The summed E-state index contributed by atoms with van der Waals surface area (Å²) in [5.74, 6) is 0.990. The number of nitrogens with one attached hydrogen (secondary N) is 1. The number of aliphatic hydroxyl groups is 1. The molecule has 1 aromatic carbocycles. The van der Waals surface area contributed by atoms with Crippen molar-refractivity contribution in [2.24, 2.45) is 0 Å². The Kier molecular flexibility index (Phi) is 4.77. The number of nitrogens with zero attached hydrogens (tertiary/aromatic N) is 4. The zero-order chi connectivity index (χ0) is 19.7. The van der Waals surface area contributed by atoms with E-state index in [2.05, 4.69) is 24.8 Å². The third-order valence-corrected chi connectivity index (χ3v) is 4.36. The van der Waals surface area contributed by atoms with Gasteiger partial charge in [-0.05, 0) is 30.7 Å². The van der Waals surface area contributed by atoms with Crippen LogP contribution in [0.2, 0.25) is 0 Å². The number of hydrogen-bond donors (Lipinski definition) is 2. The number of hydrogen-bond acceptors (Lipinski definition) is 7. The Morgan fingerprint density at radius 3 is 2.75 bits per heavy atom. The van der Waals surface area contributed by atoms with Gasteiger partial charge in [0.25, 0.3) is 0 Å². The molecular formula is C17H16F3N5O3. The SMILES string of the molecule is O[C@@H]1C[C@@H](c2nc(-c3ccc(OC(F)(F)F)cc3)no2)N(Cc2ncc[nH]2)C1. The molecule has 1 saturated heterocycles. The third kappa shape index (κ3) is 4.15. The van der Waals surface area contributed by atoms with Gasteiger partial charge in [-0.1, -0.05) is 5.16 Å². The Hall–Kier alpha value is -2.92. The van der Waals surface area contributed by atoms with Crippen LogP contribution in [0.1, 0.15) is 24.2 Å². The summed E-state index contributed by atoms with van der Waals surface area (Å²) >= 11 is 0. The summed E-state index contributed by atoms with van der Waals surface area (Å²) in [5.41, 5.74) is 0.487.